The summed E-state index contributed by atoms with van der Waals surface area (Å²) < 4.78 is 0. The van der Waals surface area contributed by atoms with Gasteiger partial charge in [0, 0.05) is 6.20 Å². The van der Waals surface area contributed by atoms with Gasteiger partial charge in [-0.1, -0.05) is 52.0 Å². The van der Waals surface area contributed by atoms with E-state index in [1.807, 2.05) is 24.4 Å². The van der Waals surface area contributed by atoms with Gasteiger partial charge in [0.05, 0.1) is 17.6 Å². The first kappa shape index (κ1) is 20.2. The molecule has 0 aliphatic rings. The van der Waals surface area contributed by atoms with Gasteiger partial charge in [0.15, 0.2) is 0 Å². The van der Waals surface area contributed by atoms with E-state index in [0.717, 1.165) is 11.4 Å². The molecule has 0 unspecified atom stereocenters. The summed E-state index contributed by atoms with van der Waals surface area (Å²) in [5.41, 5.74) is 4.58. The van der Waals surface area contributed by atoms with Crippen LogP contribution >= 0.6 is 20.2 Å². The number of pyridine rings is 1. The van der Waals surface area contributed by atoms with Crippen LogP contribution in [0.15, 0.2) is 47.6 Å². The van der Waals surface area contributed by atoms with Crippen LogP contribution in [0.5, 0.6) is 0 Å². The molecule has 0 aliphatic carbocycles. The van der Waals surface area contributed by atoms with Crippen LogP contribution < -0.4 is 0 Å². The minimum absolute atomic E-state index is 0.194. The van der Waals surface area contributed by atoms with Crippen molar-refractivity contribution in [3.63, 3.8) is 0 Å². The molecule has 0 bridgehead atoms. The van der Waals surface area contributed by atoms with Crippen LogP contribution in [0.2, 0.25) is 0 Å². The Morgan fingerprint density at radius 2 is 1.52 bits per heavy atom. The normalized spacial score (nSPS) is 11.1. The summed E-state index contributed by atoms with van der Waals surface area (Å²) in [5, 5.41) is 0. The Morgan fingerprint density at radius 3 is 1.96 bits per heavy atom. The van der Waals surface area contributed by atoms with Crippen LogP contribution in [0.1, 0.15) is 56.4 Å². The first-order valence-electron chi connectivity index (χ1n) is 7.44. The number of aromatic nitrogens is 1. The molecule has 0 saturated carbocycles. The molecule has 2 rings (SSSR count). The monoisotopic (exact) mass is 392 g/mol. The Balaban J connectivity index is 0.000000816. The number of rotatable bonds is 4. The van der Waals surface area contributed by atoms with Crippen molar-refractivity contribution in [1.82, 2.24) is 4.98 Å². The third-order valence-corrected chi connectivity index (χ3v) is 3.36. The molecular weight excluding hydrogens is 371 g/mol. The van der Waals surface area contributed by atoms with Crippen LogP contribution in [0, 0.1) is 0 Å². The van der Waals surface area contributed by atoms with E-state index in [2.05, 4.69) is 50.9 Å². The first-order chi connectivity index (χ1) is 11.0. The van der Waals surface area contributed by atoms with Crippen molar-refractivity contribution in [2.45, 2.75) is 39.5 Å². The zero-order valence-corrected chi connectivity index (χ0v) is 16.4. The summed E-state index contributed by atoms with van der Waals surface area (Å²) in [5.74, 6) is 0.925. The molecule has 126 valence electrons. The van der Waals surface area contributed by atoms with E-state index >= 15 is 0 Å². The Kier molecular flexibility index (Phi) is 9.50. The number of hydrogen-bond acceptors (Lipinski definition) is 2. The fraction of sp³-hybridized carbons (Fsp3) is 0.333. The molecule has 1 aromatic carbocycles. The van der Waals surface area contributed by atoms with E-state index in [0.29, 0.717) is 11.8 Å². The van der Waals surface area contributed by atoms with Gasteiger partial charge in [0.25, 0.3) is 0 Å². The van der Waals surface area contributed by atoms with Gasteiger partial charge >= 0.3 is 33.3 Å². The molecule has 0 aliphatic heterocycles. The fourth-order valence-electron chi connectivity index (χ4n) is 2.24. The molecule has 0 spiro atoms. The Hall–Kier alpha value is -0.861. The second kappa shape index (κ2) is 10.8. The van der Waals surface area contributed by atoms with Crippen LogP contribution in [-0.2, 0) is 13.1 Å². The maximum atomic E-state index is 4.76. The van der Waals surface area contributed by atoms with Crippen LogP contribution in [0.3, 0.4) is 0 Å². The summed E-state index contributed by atoms with van der Waals surface area (Å²) in [7, 11) is 9.53. The van der Waals surface area contributed by atoms with Gasteiger partial charge in [-0.15, -0.1) is 0 Å². The molecule has 0 N–H and O–H groups in total. The Bertz CT molecular complexity index is 587. The quantitative estimate of drug-likeness (QED) is 0.433. The number of halogens is 2. The average molecular weight is 393 g/mol. The van der Waals surface area contributed by atoms with E-state index < -0.39 is 0 Å². The van der Waals surface area contributed by atoms with E-state index in [-0.39, 0.29) is 13.1 Å². The van der Waals surface area contributed by atoms with Gasteiger partial charge in [0.1, 0.15) is 0 Å². The van der Waals surface area contributed by atoms with E-state index in [9.17, 15) is 0 Å². The van der Waals surface area contributed by atoms with Gasteiger partial charge in [-0.25, -0.2) is 0 Å². The molecule has 2 aromatic rings. The van der Waals surface area contributed by atoms with Crippen molar-refractivity contribution in [3.8, 4) is 0 Å². The van der Waals surface area contributed by atoms with Crippen molar-refractivity contribution < 1.29 is 13.1 Å². The molecule has 0 fully saturated rings. The predicted molar refractivity (Wildman–Crippen MR) is 97.8 cm³/mol. The van der Waals surface area contributed by atoms with Crippen molar-refractivity contribution >= 4 is 32.1 Å². The molecule has 0 radical (unpaired) electrons. The van der Waals surface area contributed by atoms with Crippen molar-refractivity contribution in [2.24, 2.45) is 4.99 Å². The van der Waals surface area contributed by atoms with Gasteiger partial charge in [0.2, 0.25) is 0 Å². The van der Waals surface area contributed by atoms with Crippen LogP contribution in [0.4, 0.5) is 5.69 Å². The van der Waals surface area contributed by atoms with E-state index in [4.69, 9.17) is 25.2 Å². The van der Waals surface area contributed by atoms with Gasteiger partial charge < -0.3 is 0 Å². The zero-order valence-electron chi connectivity index (χ0n) is 13.8. The van der Waals surface area contributed by atoms with Crippen LogP contribution in [0.25, 0.3) is 0 Å². The minimum atomic E-state index is 0.194. The zero-order chi connectivity index (χ0) is 17.2. The first-order valence-corrected chi connectivity index (χ1v) is 10.5. The summed E-state index contributed by atoms with van der Waals surface area (Å²) in [4.78, 5) is 9.02. The number of aliphatic imine (C=N–C) groups is 1. The average Bonchev–Trinajstić information content (AvgIpc) is 2.54. The molecule has 23 heavy (non-hydrogen) atoms. The van der Waals surface area contributed by atoms with Crippen LogP contribution in [-0.4, -0.2) is 11.2 Å². The summed E-state index contributed by atoms with van der Waals surface area (Å²) in [6, 6.07) is 12.3. The summed E-state index contributed by atoms with van der Waals surface area (Å²) >= 11 is 0.194. The molecule has 1 heterocycles. The molecule has 2 nitrogen and oxygen atoms in total. The molecule has 1 aromatic heterocycles. The molecule has 5 heteroatoms. The van der Waals surface area contributed by atoms with Gasteiger partial charge in [-0.2, -0.15) is 0 Å². The number of para-hydroxylation sites is 1. The third kappa shape index (κ3) is 6.64. The van der Waals surface area contributed by atoms with Crippen molar-refractivity contribution in [3.05, 3.63) is 59.4 Å². The standard InChI is InChI=1S/C18H22N2.2ClH.Fe/c1-13(2)16-9-7-10-17(14(3)4)18(16)20-12-15-8-5-6-11-19-15;;;/h5-14H,1-4H3;2*1H;/q;;;+2/p-2. The van der Waals surface area contributed by atoms with Gasteiger partial charge in [-0.3, -0.25) is 9.98 Å². The summed E-state index contributed by atoms with van der Waals surface area (Å²) in [6.07, 6.45) is 3.64. The summed E-state index contributed by atoms with van der Waals surface area (Å²) in [6.45, 7) is 8.83. The maximum absolute atomic E-state index is 4.76. The van der Waals surface area contributed by atoms with Gasteiger partial charge in [-0.05, 0) is 35.1 Å². The van der Waals surface area contributed by atoms with E-state index in [1.54, 1.807) is 6.20 Å². The second-order valence-corrected chi connectivity index (χ2v) is 7.48. The number of nitrogens with zero attached hydrogens (tertiary/aromatic N) is 2. The molecule has 0 atom stereocenters. The van der Waals surface area contributed by atoms with Crippen molar-refractivity contribution in [1.29, 1.82) is 0 Å². The predicted octanol–water partition coefficient (Wildman–Crippen LogP) is 6.46. The molecule has 0 amide bonds. The number of benzene rings is 1. The topological polar surface area (TPSA) is 25.2 Å². The molecule has 0 saturated heterocycles. The van der Waals surface area contributed by atoms with Crippen molar-refractivity contribution in [2.75, 3.05) is 0 Å². The SMILES string of the molecule is CC(C)c1cccc(C(C)C)c1N=Cc1ccccn1.[Cl][Fe][Cl]. The second-order valence-electron chi connectivity index (χ2n) is 5.66. The third-order valence-electron chi connectivity index (χ3n) is 3.36. The van der Waals surface area contributed by atoms with E-state index in [1.165, 1.54) is 11.1 Å². The Morgan fingerprint density at radius 1 is 0.957 bits per heavy atom. The fourth-order valence-corrected chi connectivity index (χ4v) is 2.24. The number of hydrogen-bond donors (Lipinski definition) is 0. The Labute approximate surface area is 154 Å². The molecular formula is C18H22Cl2FeN2.